The molecule has 1 aliphatic heterocycles. The molecule has 2 aromatic rings. The highest BCUT2D eigenvalue weighted by molar-refractivity contribution is 5.76. The average Bonchev–Trinajstić information content (AvgIpc) is 3.21. The van der Waals surface area contributed by atoms with Crippen LogP contribution in [-0.2, 0) is 16.1 Å². The lowest BCUT2D eigenvalue weighted by molar-refractivity contribution is -0.133. The van der Waals surface area contributed by atoms with E-state index < -0.39 is 0 Å². The predicted molar refractivity (Wildman–Crippen MR) is 109 cm³/mol. The Bertz CT molecular complexity index is 730. The Hall–Kier alpha value is -2.40. The van der Waals surface area contributed by atoms with Crippen molar-refractivity contribution in [1.29, 1.82) is 0 Å². The first-order valence-electron chi connectivity index (χ1n) is 10.2. The van der Waals surface area contributed by atoms with Gasteiger partial charge in [0.1, 0.15) is 5.75 Å². The van der Waals surface area contributed by atoms with Gasteiger partial charge in [-0.1, -0.05) is 18.2 Å². The highest BCUT2D eigenvalue weighted by atomic mass is 16.5. The number of ether oxygens (including phenoxy) is 2. The van der Waals surface area contributed by atoms with Crippen LogP contribution in [-0.4, -0.2) is 41.7 Å². The molecule has 0 aliphatic carbocycles. The molecule has 0 spiro atoms. The summed E-state index contributed by atoms with van der Waals surface area (Å²) in [6.07, 6.45) is 8.06. The topological polar surface area (TPSA) is 51.7 Å². The van der Waals surface area contributed by atoms with Crippen molar-refractivity contribution in [2.45, 2.75) is 51.7 Å². The second-order valence-electron chi connectivity index (χ2n) is 7.39. The Morgan fingerprint density at radius 2 is 2.21 bits per heavy atom. The molecule has 0 saturated carbocycles. The Morgan fingerprint density at radius 3 is 2.96 bits per heavy atom. The first-order chi connectivity index (χ1) is 13.7. The van der Waals surface area contributed by atoms with Gasteiger partial charge in [-0.3, -0.25) is 9.78 Å². The van der Waals surface area contributed by atoms with Gasteiger partial charge in [0.25, 0.3) is 0 Å². The maximum atomic E-state index is 12.8. The lowest BCUT2D eigenvalue weighted by Gasteiger charge is -2.25. The summed E-state index contributed by atoms with van der Waals surface area (Å²) in [6.45, 7) is 4.73. The number of hydrogen-bond acceptors (Lipinski definition) is 4. The number of amides is 1. The molecule has 1 fully saturated rings. The number of benzene rings is 1. The molecule has 1 aromatic carbocycles. The quantitative estimate of drug-likeness (QED) is 0.579. The standard InChI is InChI=1S/C23H30N2O3/c1-19-7-4-9-21(15-19)27-13-3-2-11-23(26)25(18-22-10-6-14-28-22)17-20-8-5-12-24-16-20/h4-5,7-9,12,15-16,22H,2-3,6,10-11,13-14,17-18H2,1H3. The highest BCUT2D eigenvalue weighted by Gasteiger charge is 2.22. The van der Waals surface area contributed by atoms with E-state index in [1.54, 1.807) is 6.20 Å². The molecule has 0 N–H and O–H groups in total. The number of rotatable bonds is 10. The minimum absolute atomic E-state index is 0.158. The number of carbonyl (C=O) groups excluding carboxylic acids is 1. The molecule has 1 aromatic heterocycles. The van der Waals surface area contributed by atoms with Crippen LogP contribution in [0.3, 0.4) is 0 Å². The Kier molecular flexibility index (Phi) is 7.85. The fourth-order valence-electron chi connectivity index (χ4n) is 3.43. The summed E-state index contributed by atoms with van der Waals surface area (Å²) < 4.78 is 11.5. The maximum Gasteiger partial charge on any atom is 0.222 e. The largest absolute Gasteiger partial charge is 0.494 e. The zero-order valence-corrected chi connectivity index (χ0v) is 16.7. The van der Waals surface area contributed by atoms with Crippen molar-refractivity contribution in [1.82, 2.24) is 9.88 Å². The van der Waals surface area contributed by atoms with Crippen LogP contribution in [0.25, 0.3) is 0 Å². The van der Waals surface area contributed by atoms with Crippen molar-refractivity contribution in [3.05, 3.63) is 59.9 Å². The number of pyridine rings is 1. The fourth-order valence-corrected chi connectivity index (χ4v) is 3.43. The summed E-state index contributed by atoms with van der Waals surface area (Å²) in [5, 5.41) is 0. The minimum Gasteiger partial charge on any atom is -0.494 e. The predicted octanol–water partition coefficient (Wildman–Crippen LogP) is 4.15. The molecule has 0 bridgehead atoms. The van der Waals surface area contributed by atoms with E-state index in [-0.39, 0.29) is 12.0 Å². The van der Waals surface area contributed by atoms with E-state index in [4.69, 9.17) is 9.47 Å². The average molecular weight is 383 g/mol. The van der Waals surface area contributed by atoms with Crippen molar-refractivity contribution in [3.63, 3.8) is 0 Å². The van der Waals surface area contributed by atoms with Crippen LogP contribution in [0.5, 0.6) is 5.75 Å². The molecule has 3 rings (SSSR count). The molecule has 1 saturated heterocycles. The molecule has 1 unspecified atom stereocenters. The molecule has 1 aliphatic rings. The van der Waals surface area contributed by atoms with Crippen LogP contribution in [0.2, 0.25) is 0 Å². The summed E-state index contributed by atoms with van der Waals surface area (Å²) in [6, 6.07) is 12.0. The molecule has 150 valence electrons. The van der Waals surface area contributed by atoms with E-state index in [0.717, 1.165) is 43.6 Å². The molecule has 1 amide bonds. The van der Waals surface area contributed by atoms with E-state index in [0.29, 0.717) is 26.1 Å². The number of aromatic nitrogens is 1. The van der Waals surface area contributed by atoms with E-state index in [9.17, 15) is 4.79 Å². The number of hydrogen-bond donors (Lipinski definition) is 0. The summed E-state index contributed by atoms with van der Waals surface area (Å²) in [5.74, 6) is 1.07. The molecular formula is C23H30N2O3. The van der Waals surface area contributed by atoms with Gasteiger partial charge in [-0.25, -0.2) is 0 Å². The monoisotopic (exact) mass is 382 g/mol. The Labute approximate surface area is 167 Å². The highest BCUT2D eigenvalue weighted by Crippen LogP contribution is 2.17. The summed E-state index contributed by atoms with van der Waals surface area (Å²) >= 11 is 0. The minimum atomic E-state index is 0.158. The number of carbonyl (C=O) groups is 1. The lowest BCUT2D eigenvalue weighted by Crippen LogP contribution is -2.36. The van der Waals surface area contributed by atoms with Crippen molar-refractivity contribution < 1.29 is 14.3 Å². The number of unbranched alkanes of at least 4 members (excludes halogenated alkanes) is 1. The van der Waals surface area contributed by atoms with Crippen LogP contribution < -0.4 is 4.74 Å². The molecule has 5 nitrogen and oxygen atoms in total. The van der Waals surface area contributed by atoms with E-state index in [1.807, 2.05) is 41.4 Å². The fraction of sp³-hybridized carbons (Fsp3) is 0.478. The molecule has 1 atom stereocenters. The SMILES string of the molecule is Cc1cccc(OCCCCC(=O)N(Cc2cccnc2)CC2CCCO2)c1. The number of aryl methyl sites for hydroxylation is 1. The first-order valence-corrected chi connectivity index (χ1v) is 10.2. The van der Waals surface area contributed by atoms with E-state index >= 15 is 0 Å². The zero-order chi connectivity index (χ0) is 19.6. The zero-order valence-electron chi connectivity index (χ0n) is 16.7. The van der Waals surface area contributed by atoms with Crippen LogP contribution in [0.1, 0.15) is 43.2 Å². The van der Waals surface area contributed by atoms with Crippen molar-refractivity contribution in [2.75, 3.05) is 19.8 Å². The van der Waals surface area contributed by atoms with E-state index in [2.05, 4.69) is 18.0 Å². The first kappa shape index (κ1) is 20.3. The van der Waals surface area contributed by atoms with Gasteiger partial charge in [-0.2, -0.15) is 0 Å². The maximum absolute atomic E-state index is 12.8. The Balaban J connectivity index is 1.44. The lowest BCUT2D eigenvalue weighted by atomic mass is 10.1. The van der Waals surface area contributed by atoms with Gasteiger partial charge in [0.15, 0.2) is 0 Å². The van der Waals surface area contributed by atoms with Gasteiger partial charge in [0, 0.05) is 38.5 Å². The molecule has 0 radical (unpaired) electrons. The molecule has 28 heavy (non-hydrogen) atoms. The van der Waals surface area contributed by atoms with Crippen molar-refractivity contribution in [2.24, 2.45) is 0 Å². The summed E-state index contributed by atoms with van der Waals surface area (Å²) in [5.41, 5.74) is 2.24. The van der Waals surface area contributed by atoms with Gasteiger partial charge in [-0.05, 0) is 61.9 Å². The van der Waals surface area contributed by atoms with Gasteiger partial charge in [0.05, 0.1) is 12.7 Å². The van der Waals surface area contributed by atoms with Crippen molar-refractivity contribution in [3.8, 4) is 5.75 Å². The third-order valence-electron chi connectivity index (χ3n) is 4.94. The van der Waals surface area contributed by atoms with Gasteiger partial charge < -0.3 is 14.4 Å². The smallest absolute Gasteiger partial charge is 0.222 e. The van der Waals surface area contributed by atoms with Crippen molar-refractivity contribution >= 4 is 5.91 Å². The third-order valence-corrected chi connectivity index (χ3v) is 4.94. The summed E-state index contributed by atoms with van der Waals surface area (Å²) in [7, 11) is 0. The van der Waals surface area contributed by atoms with Crippen LogP contribution >= 0.6 is 0 Å². The normalized spacial score (nSPS) is 16.1. The summed E-state index contributed by atoms with van der Waals surface area (Å²) in [4.78, 5) is 18.9. The van der Waals surface area contributed by atoms with Gasteiger partial charge in [0.2, 0.25) is 5.91 Å². The van der Waals surface area contributed by atoms with Gasteiger partial charge in [-0.15, -0.1) is 0 Å². The van der Waals surface area contributed by atoms with Crippen LogP contribution in [0.4, 0.5) is 0 Å². The van der Waals surface area contributed by atoms with Crippen LogP contribution in [0.15, 0.2) is 48.8 Å². The third kappa shape index (κ3) is 6.64. The number of nitrogens with zero attached hydrogens (tertiary/aromatic N) is 2. The van der Waals surface area contributed by atoms with Gasteiger partial charge >= 0.3 is 0 Å². The van der Waals surface area contributed by atoms with E-state index in [1.165, 1.54) is 5.56 Å². The Morgan fingerprint density at radius 1 is 1.29 bits per heavy atom. The molecule has 2 heterocycles. The molecule has 5 heteroatoms. The molecular weight excluding hydrogens is 352 g/mol. The van der Waals surface area contributed by atoms with Crippen LogP contribution in [0, 0.1) is 6.92 Å². The second-order valence-corrected chi connectivity index (χ2v) is 7.39. The second kappa shape index (κ2) is 10.8.